The fourth-order valence-corrected chi connectivity index (χ4v) is 1.93. The zero-order chi connectivity index (χ0) is 12.1. The molecule has 0 radical (unpaired) electrons. The molecular formula is C12H15BrN2O. The van der Waals surface area contributed by atoms with E-state index in [1.807, 2.05) is 19.2 Å². The second-order valence-electron chi connectivity index (χ2n) is 3.73. The summed E-state index contributed by atoms with van der Waals surface area (Å²) in [6.07, 6.45) is 0. The second-order valence-corrected chi connectivity index (χ2v) is 4.64. The van der Waals surface area contributed by atoms with Crippen LogP contribution in [0, 0.1) is 11.3 Å². The Balaban J connectivity index is 2.95. The lowest BCUT2D eigenvalue weighted by molar-refractivity contribution is 0.183. The molecule has 0 aliphatic rings. The van der Waals surface area contributed by atoms with Gasteiger partial charge in [-0.15, -0.1) is 0 Å². The van der Waals surface area contributed by atoms with E-state index in [0.717, 1.165) is 10.2 Å². The summed E-state index contributed by atoms with van der Waals surface area (Å²) in [5, 5.41) is 8.90. The molecule has 0 amide bonds. The van der Waals surface area contributed by atoms with Crippen LogP contribution in [0.5, 0.6) is 0 Å². The molecule has 1 unspecified atom stereocenters. The van der Waals surface area contributed by atoms with Crippen LogP contribution >= 0.6 is 15.9 Å². The van der Waals surface area contributed by atoms with E-state index in [4.69, 9.17) is 10.00 Å². The highest BCUT2D eigenvalue weighted by atomic mass is 79.9. The number of methoxy groups -OCH3 is 1. The number of halogens is 1. The van der Waals surface area contributed by atoms with Crippen molar-refractivity contribution in [3.8, 4) is 6.07 Å². The van der Waals surface area contributed by atoms with Crippen molar-refractivity contribution < 1.29 is 4.74 Å². The fourth-order valence-electron chi connectivity index (χ4n) is 1.45. The van der Waals surface area contributed by atoms with E-state index in [9.17, 15) is 0 Å². The van der Waals surface area contributed by atoms with Gasteiger partial charge in [0.05, 0.1) is 18.2 Å². The maximum absolute atomic E-state index is 8.90. The summed E-state index contributed by atoms with van der Waals surface area (Å²) in [6.45, 7) is 2.74. The fraction of sp³-hybridized carbons (Fsp3) is 0.417. The van der Waals surface area contributed by atoms with Crippen LogP contribution in [-0.2, 0) is 4.74 Å². The number of nitriles is 1. The molecule has 16 heavy (non-hydrogen) atoms. The first-order valence-corrected chi connectivity index (χ1v) is 5.80. The molecule has 0 bridgehead atoms. The van der Waals surface area contributed by atoms with Crippen LogP contribution in [0.1, 0.15) is 12.5 Å². The summed E-state index contributed by atoms with van der Waals surface area (Å²) < 4.78 is 6.03. The molecule has 0 aliphatic carbocycles. The smallest absolute Gasteiger partial charge is 0.0992 e. The van der Waals surface area contributed by atoms with Crippen LogP contribution in [0.4, 0.5) is 5.69 Å². The topological polar surface area (TPSA) is 36.3 Å². The molecule has 1 aromatic rings. The third-order valence-electron chi connectivity index (χ3n) is 2.49. The maximum Gasteiger partial charge on any atom is 0.0992 e. The first-order chi connectivity index (χ1) is 7.58. The van der Waals surface area contributed by atoms with Gasteiger partial charge < -0.3 is 9.64 Å². The van der Waals surface area contributed by atoms with E-state index in [-0.39, 0.29) is 6.04 Å². The Morgan fingerprint density at radius 1 is 1.50 bits per heavy atom. The number of hydrogen-bond donors (Lipinski definition) is 0. The Bertz CT molecular complexity index is 400. The van der Waals surface area contributed by atoms with E-state index >= 15 is 0 Å². The Kier molecular flexibility index (Phi) is 4.78. The van der Waals surface area contributed by atoms with E-state index in [2.05, 4.69) is 33.8 Å². The van der Waals surface area contributed by atoms with Crippen LogP contribution in [0.25, 0.3) is 0 Å². The van der Waals surface area contributed by atoms with E-state index in [1.165, 1.54) is 0 Å². The Morgan fingerprint density at radius 2 is 2.19 bits per heavy atom. The molecule has 3 nitrogen and oxygen atoms in total. The minimum Gasteiger partial charge on any atom is -0.383 e. The number of nitrogens with zero attached hydrogens (tertiary/aromatic N) is 2. The van der Waals surface area contributed by atoms with Gasteiger partial charge in [-0.3, -0.25) is 0 Å². The molecule has 1 rings (SSSR count). The summed E-state index contributed by atoms with van der Waals surface area (Å²) >= 11 is 3.40. The molecule has 0 heterocycles. The van der Waals surface area contributed by atoms with Crippen LogP contribution in [0.3, 0.4) is 0 Å². The van der Waals surface area contributed by atoms with Crippen molar-refractivity contribution in [3.05, 3.63) is 28.2 Å². The summed E-state index contributed by atoms with van der Waals surface area (Å²) in [4.78, 5) is 2.09. The summed E-state index contributed by atoms with van der Waals surface area (Å²) in [7, 11) is 3.68. The molecular weight excluding hydrogens is 268 g/mol. The Morgan fingerprint density at radius 3 is 2.75 bits per heavy atom. The first kappa shape index (κ1) is 13.0. The molecule has 4 heteroatoms. The molecule has 0 saturated carbocycles. The number of hydrogen-bond acceptors (Lipinski definition) is 3. The van der Waals surface area contributed by atoms with Gasteiger partial charge in [-0.05, 0) is 25.1 Å². The third kappa shape index (κ3) is 3.22. The quantitative estimate of drug-likeness (QED) is 0.852. The van der Waals surface area contributed by atoms with Crippen molar-refractivity contribution in [2.24, 2.45) is 0 Å². The maximum atomic E-state index is 8.90. The van der Waals surface area contributed by atoms with Crippen molar-refractivity contribution in [2.75, 3.05) is 25.7 Å². The normalized spacial score (nSPS) is 11.9. The van der Waals surface area contributed by atoms with Crippen molar-refractivity contribution in [3.63, 3.8) is 0 Å². The number of ether oxygens (including phenoxy) is 1. The standard InChI is InChI=1S/C12H15BrN2O/c1-9(8-16-3)15(2)12-5-10(7-14)4-11(13)6-12/h4-6,9H,8H2,1-3H3. The molecule has 86 valence electrons. The molecule has 0 aromatic heterocycles. The molecule has 1 atom stereocenters. The van der Waals surface area contributed by atoms with Crippen molar-refractivity contribution in [2.45, 2.75) is 13.0 Å². The SMILES string of the molecule is COCC(C)N(C)c1cc(Br)cc(C#N)c1. The third-order valence-corrected chi connectivity index (χ3v) is 2.95. The van der Waals surface area contributed by atoms with Gasteiger partial charge in [-0.2, -0.15) is 5.26 Å². The van der Waals surface area contributed by atoms with Crippen LogP contribution in [0.2, 0.25) is 0 Å². The molecule has 0 fully saturated rings. The lowest BCUT2D eigenvalue weighted by Gasteiger charge is -2.26. The minimum absolute atomic E-state index is 0.269. The number of benzene rings is 1. The average Bonchev–Trinajstić information content (AvgIpc) is 2.27. The predicted molar refractivity (Wildman–Crippen MR) is 68.6 cm³/mol. The van der Waals surface area contributed by atoms with Gasteiger partial charge in [-0.1, -0.05) is 15.9 Å². The zero-order valence-electron chi connectivity index (χ0n) is 9.70. The molecule has 1 aromatic carbocycles. The van der Waals surface area contributed by atoms with Crippen molar-refractivity contribution >= 4 is 21.6 Å². The monoisotopic (exact) mass is 282 g/mol. The van der Waals surface area contributed by atoms with Crippen LogP contribution < -0.4 is 4.90 Å². The Labute approximate surface area is 105 Å². The predicted octanol–water partition coefficient (Wildman–Crippen LogP) is 2.79. The summed E-state index contributed by atoms with van der Waals surface area (Å²) in [5.41, 5.74) is 1.66. The summed E-state index contributed by atoms with van der Waals surface area (Å²) in [6, 6.07) is 8.08. The number of anilines is 1. The Hall–Kier alpha value is -1.05. The first-order valence-electron chi connectivity index (χ1n) is 5.01. The lowest BCUT2D eigenvalue weighted by atomic mass is 10.2. The number of likely N-dealkylation sites (N-methyl/N-ethyl adjacent to an activating group) is 1. The minimum atomic E-state index is 0.269. The van der Waals surface area contributed by atoms with E-state index in [0.29, 0.717) is 12.2 Å². The van der Waals surface area contributed by atoms with E-state index in [1.54, 1.807) is 13.2 Å². The van der Waals surface area contributed by atoms with Gasteiger partial charge in [0.15, 0.2) is 0 Å². The van der Waals surface area contributed by atoms with E-state index < -0.39 is 0 Å². The lowest BCUT2D eigenvalue weighted by Crippen LogP contribution is -2.32. The molecule has 0 aliphatic heterocycles. The zero-order valence-corrected chi connectivity index (χ0v) is 11.3. The molecule has 0 saturated heterocycles. The van der Waals surface area contributed by atoms with Gasteiger partial charge in [0.1, 0.15) is 0 Å². The van der Waals surface area contributed by atoms with Gasteiger partial charge in [0.25, 0.3) is 0 Å². The highest BCUT2D eigenvalue weighted by Gasteiger charge is 2.11. The summed E-state index contributed by atoms with van der Waals surface area (Å²) in [5.74, 6) is 0. The molecule has 0 spiro atoms. The highest BCUT2D eigenvalue weighted by Crippen LogP contribution is 2.23. The van der Waals surface area contributed by atoms with Crippen molar-refractivity contribution in [1.29, 1.82) is 5.26 Å². The average molecular weight is 283 g/mol. The highest BCUT2D eigenvalue weighted by molar-refractivity contribution is 9.10. The second kappa shape index (κ2) is 5.88. The molecule has 0 N–H and O–H groups in total. The van der Waals surface area contributed by atoms with Gasteiger partial charge in [0.2, 0.25) is 0 Å². The van der Waals surface area contributed by atoms with Gasteiger partial charge in [0, 0.05) is 30.4 Å². The van der Waals surface area contributed by atoms with Gasteiger partial charge in [-0.25, -0.2) is 0 Å². The van der Waals surface area contributed by atoms with Gasteiger partial charge >= 0.3 is 0 Å². The number of rotatable bonds is 4. The van der Waals surface area contributed by atoms with Crippen LogP contribution in [0.15, 0.2) is 22.7 Å². The van der Waals surface area contributed by atoms with Crippen molar-refractivity contribution in [1.82, 2.24) is 0 Å². The van der Waals surface area contributed by atoms with Crippen LogP contribution in [-0.4, -0.2) is 26.8 Å². The largest absolute Gasteiger partial charge is 0.383 e.